The number of rotatable bonds is 1. The molecule has 2 N–H and O–H groups in total. The molecule has 1 rings (SSSR count). The van der Waals surface area contributed by atoms with Crippen molar-refractivity contribution in [3.63, 3.8) is 0 Å². The van der Waals surface area contributed by atoms with Crippen molar-refractivity contribution in [3.05, 3.63) is 0 Å². The predicted octanol–water partition coefficient (Wildman–Crippen LogP) is -0.552. The fourth-order valence-corrected chi connectivity index (χ4v) is 0.845. The van der Waals surface area contributed by atoms with E-state index in [1.807, 2.05) is 6.92 Å². The molecule has 0 aromatic heterocycles. The molecule has 0 saturated carbocycles. The molecule has 0 spiro atoms. The molecule has 0 aromatic carbocycles. The molecule has 0 unspecified atom stereocenters. The van der Waals surface area contributed by atoms with Crippen LogP contribution in [0.4, 0.5) is 0 Å². The Morgan fingerprint density at radius 1 is 1.80 bits per heavy atom. The Hall–Kier alpha value is -0.610. The smallest absolute Gasteiger partial charge is 0.334 e. The third-order valence-corrected chi connectivity index (χ3v) is 1.47. The first kappa shape index (κ1) is 7.50. The molecule has 0 aromatic rings. The van der Waals surface area contributed by atoms with Gasteiger partial charge in [0.1, 0.15) is 0 Å². The van der Waals surface area contributed by atoms with Gasteiger partial charge >= 0.3 is 5.97 Å². The Kier molecular flexibility index (Phi) is 2.24. The molecule has 1 aliphatic heterocycles. The van der Waals surface area contributed by atoms with Crippen LogP contribution in [0.5, 0.6) is 0 Å². The maximum absolute atomic E-state index is 10.3. The van der Waals surface area contributed by atoms with E-state index in [0.717, 1.165) is 0 Å². The highest BCUT2D eigenvalue weighted by Crippen LogP contribution is 1.99. The zero-order valence-corrected chi connectivity index (χ0v) is 5.83. The van der Waals surface area contributed by atoms with Crippen molar-refractivity contribution in [2.24, 2.45) is 0 Å². The predicted molar refractivity (Wildman–Crippen MR) is 34.8 cm³/mol. The lowest BCUT2D eigenvalue weighted by Crippen LogP contribution is -2.47. The molecule has 2 atom stereocenters. The summed E-state index contributed by atoms with van der Waals surface area (Å²) in [4.78, 5) is 10.3. The van der Waals surface area contributed by atoms with E-state index < -0.39 is 12.1 Å². The first-order chi connectivity index (χ1) is 4.70. The highest BCUT2D eigenvalue weighted by Gasteiger charge is 2.23. The summed E-state index contributed by atoms with van der Waals surface area (Å²) in [5.41, 5.74) is 0. The third-order valence-electron chi connectivity index (χ3n) is 1.47. The first-order valence-electron chi connectivity index (χ1n) is 3.28. The van der Waals surface area contributed by atoms with Gasteiger partial charge in [-0.05, 0) is 6.92 Å². The Morgan fingerprint density at radius 2 is 2.50 bits per heavy atom. The van der Waals surface area contributed by atoms with Crippen LogP contribution >= 0.6 is 0 Å². The lowest BCUT2D eigenvalue weighted by atomic mass is 10.2. The monoisotopic (exact) mass is 145 g/mol. The van der Waals surface area contributed by atoms with E-state index in [4.69, 9.17) is 9.84 Å². The van der Waals surface area contributed by atoms with Gasteiger partial charge in [-0.3, -0.25) is 0 Å². The van der Waals surface area contributed by atoms with Crippen LogP contribution in [0.2, 0.25) is 0 Å². The topological polar surface area (TPSA) is 58.6 Å². The van der Waals surface area contributed by atoms with Gasteiger partial charge in [0.2, 0.25) is 0 Å². The number of carbonyl (C=O) groups is 1. The Morgan fingerprint density at radius 3 is 2.90 bits per heavy atom. The molecule has 58 valence electrons. The zero-order valence-electron chi connectivity index (χ0n) is 5.83. The summed E-state index contributed by atoms with van der Waals surface area (Å²) in [6.45, 7) is 2.85. The average molecular weight is 145 g/mol. The molecule has 0 amide bonds. The van der Waals surface area contributed by atoms with E-state index in [0.29, 0.717) is 13.2 Å². The number of carboxylic acid groups (broad SMARTS) is 1. The van der Waals surface area contributed by atoms with E-state index in [9.17, 15) is 4.79 Å². The molecule has 0 radical (unpaired) electrons. The van der Waals surface area contributed by atoms with Crippen molar-refractivity contribution in [2.45, 2.75) is 19.1 Å². The number of hydrogen-bond donors (Lipinski definition) is 2. The number of carboxylic acids is 1. The fourth-order valence-electron chi connectivity index (χ4n) is 0.845. The highest BCUT2D eigenvalue weighted by atomic mass is 16.5. The minimum absolute atomic E-state index is 0.274. The van der Waals surface area contributed by atoms with Crippen LogP contribution in [0.1, 0.15) is 6.92 Å². The van der Waals surface area contributed by atoms with Crippen LogP contribution in [-0.4, -0.2) is 36.4 Å². The van der Waals surface area contributed by atoms with E-state index in [1.165, 1.54) is 0 Å². The number of morpholine rings is 1. The summed E-state index contributed by atoms with van der Waals surface area (Å²) >= 11 is 0. The van der Waals surface area contributed by atoms with Gasteiger partial charge in [0.25, 0.3) is 0 Å². The summed E-state index contributed by atoms with van der Waals surface area (Å²) < 4.78 is 4.99. The van der Waals surface area contributed by atoms with Crippen molar-refractivity contribution in [3.8, 4) is 0 Å². The van der Waals surface area contributed by atoms with Gasteiger partial charge in [-0.15, -0.1) is 0 Å². The van der Waals surface area contributed by atoms with Gasteiger partial charge in [0, 0.05) is 12.6 Å². The van der Waals surface area contributed by atoms with Gasteiger partial charge in [0.15, 0.2) is 6.10 Å². The van der Waals surface area contributed by atoms with E-state index in [-0.39, 0.29) is 6.04 Å². The van der Waals surface area contributed by atoms with Crippen LogP contribution in [0.15, 0.2) is 0 Å². The molecule has 0 bridgehead atoms. The minimum Gasteiger partial charge on any atom is -0.479 e. The molecule has 4 heteroatoms. The Balaban J connectivity index is 2.33. The second kappa shape index (κ2) is 2.98. The average Bonchev–Trinajstić information content (AvgIpc) is 1.88. The molecule has 1 saturated heterocycles. The molecular weight excluding hydrogens is 134 g/mol. The number of hydrogen-bond acceptors (Lipinski definition) is 3. The quantitative estimate of drug-likeness (QED) is 0.519. The van der Waals surface area contributed by atoms with E-state index in [2.05, 4.69) is 5.32 Å². The summed E-state index contributed by atoms with van der Waals surface area (Å²) in [5, 5.41) is 11.5. The molecule has 4 nitrogen and oxygen atoms in total. The van der Waals surface area contributed by atoms with Gasteiger partial charge < -0.3 is 15.2 Å². The molecule has 1 aliphatic rings. The van der Waals surface area contributed by atoms with Gasteiger partial charge in [0.05, 0.1) is 6.61 Å². The molecule has 1 heterocycles. The second-order valence-electron chi connectivity index (χ2n) is 2.47. The largest absolute Gasteiger partial charge is 0.479 e. The number of ether oxygens (including phenoxy) is 1. The molecular formula is C6H11NO3. The maximum Gasteiger partial charge on any atom is 0.334 e. The summed E-state index contributed by atoms with van der Waals surface area (Å²) in [6, 6.07) is 0.274. The number of aliphatic carboxylic acids is 1. The summed E-state index contributed by atoms with van der Waals surface area (Å²) in [7, 11) is 0. The lowest BCUT2D eigenvalue weighted by molar-refractivity contribution is -0.152. The van der Waals surface area contributed by atoms with Crippen molar-refractivity contribution in [1.29, 1.82) is 0 Å². The van der Waals surface area contributed by atoms with Crippen LogP contribution in [0.3, 0.4) is 0 Å². The SMILES string of the molecule is C[C@@H]1CO[C@H](C(=O)O)CN1. The standard InChI is InChI=1S/C6H11NO3/c1-4-3-10-5(2-7-4)6(8)9/h4-5,7H,2-3H2,1H3,(H,8,9)/t4-,5+/m1/s1. The first-order valence-corrected chi connectivity index (χ1v) is 3.28. The van der Waals surface area contributed by atoms with Crippen molar-refractivity contribution in [2.75, 3.05) is 13.2 Å². The number of nitrogens with one attached hydrogen (secondary N) is 1. The second-order valence-corrected chi connectivity index (χ2v) is 2.47. The van der Waals surface area contributed by atoms with Gasteiger partial charge in [-0.1, -0.05) is 0 Å². The van der Waals surface area contributed by atoms with Crippen molar-refractivity contribution in [1.82, 2.24) is 5.32 Å². The normalized spacial score (nSPS) is 33.7. The molecule has 0 aliphatic carbocycles. The Labute approximate surface area is 59.2 Å². The van der Waals surface area contributed by atoms with E-state index in [1.54, 1.807) is 0 Å². The molecule has 10 heavy (non-hydrogen) atoms. The van der Waals surface area contributed by atoms with E-state index >= 15 is 0 Å². The molecule has 1 fully saturated rings. The Bertz CT molecular complexity index is 129. The van der Waals surface area contributed by atoms with Gasteiger partial charge in [-0.2, -0.15) is 0 Å². The zero-order chi connectivity index (χ0) is 7.56. The summed E-state index contributed by atoms with van der Waals surface area (Å²) in [5.74, 6) is -0.889. The minimum atomic E-state index is -0.889. The van der Waals surface area contributed by atoms with Crippen molar-refractivity contribution >= 4 is 5.97 Å². The van der Waals surface area contributed by atoms with Crippen LogP contribution in [0, 0.1) is 0 Å². The van der Waals surface area contributed by atoms with Crippen LogP contribution in [-0.2, 0) is 9.53 Å². The van der Waals surface area contributed by atoms with Crippen LogP contribution in [0.25, 0.3) is 0 Å². The summed E-state index contributed by atoms with van der Waals surface area (Å²) in [6.07, 6.45) is -0.656. The maximum atomic E-state index is 10.3. The van der Waals surface area contributed by atoms with Crippen molar-refractivity contribution < 1.29 is 14.6 Å². The van der Waals surface area contributed by atoms with Gasteiger partial charge in [-0.25, -0.2) is 4.79 Å². The van der Waals surface area contributed by atoms with Crippen LogP contribution < -0.4 is 5.32 Å². The highest BCUT2D eigenvalue weighted by molar-refractivity contribution is 5.72. The third kappa shape index (κ3) is 1.68. The lowest BCUT2D eigenvalue weighted by Gasteiger charge is -2.25. The fraction of sp³-hybridized carbons (Fsp3) is 0.833.